The van der Waals surface area contributed by atoms with Gasteiger partial charge >= 0.3 is 0 Å². The van der Waals surface area contributed by atoms with Gasteiger partial charge in [0.1, 0.15) is 11.4 Å². The molecule has 0 aliphatic carbocycles. The molecule has 1 saturated heterocycles. The van der Waals surface area contributed by atoms with Crippen LogP contribution in [0.1, 0.15) is 18.4 Å². The fourth-order valence-corrected chi connectivity index (χ4v) is 1.89. The highest BCUT2D eigenvalue weighted by atomic mass is 19.1. The molecule has 0 bridgehead atoms. The summed E-state index contributed by atoms with van der Waals surface area (Å²) in [6, 6.07) is 4.59. The van der Waals surface area contributed by atoms with E-state index in [1.165, 1.54) is 6.07 Å². The number of ether oxygens (including phenoxy) is 1. The van der Waals surface area contributed by atoms with Crippen molar-refractivity contribution in [2.45, 2.75) is 25.3 Å². The van der Waals surface area contributed by atoms with Gasteiger partial charge in [-0.15, -0.1) is 0 Å². The van der Waals surface area contributed by atoms with Gasteiger partial charge in [0.25, 0.3) is 0 Å². The second-order valence-corrected chi connectivity index (χ2v) is 4.69. The van der Waals surface area contributed by atoms with E-state index in [2.05, 4.69) is 5.32 Å². The highest BCUT2D eigenvalue weighted by molar-refractivity contribution is 5.98. The lowest BCUT2D eigenvalue weighted by atomic mass is 9.90. The number of nitrogens with one attached hydrogen (secondary N) is 1. The third-order valence-corrected chi connectivity index (χ3v) is 3.27. The lowest BCUT2D eigenvalue weighted by Crippen LogP contribution is -2.54. The fraction of sp³-hybridized carbons (Fsp3) is 0.462. The fourth-order valence-electron chi connectivity index (χ4n) is 1.89. The number of halogens is 1. The topological polar surface area (TPSA) is 64.4 Å². The normalized spacial score (nSPS) is 18.4. The van der Waals surface area contributed by atoms with E-state index < -0.39 is 5.54 Å². The van der Waals surface area contributed by atoms with Crippen LogP contribution in [0.5, 0.6) is 0 Å². The number of aryl methyl sites for hydroxylation is 1. The van der Waals surface area contributed by atoms with Gasteiger partial charge < -0.3 is 15.8 Å². The van der Waals surface area contributed by atoms with Crippen LogP contribution >= 0.6 is 0 Å². The van der Waals surface area contributed by atoms with Crippen molar-refractivity contribution in [2.75, 3.05) is 18.5 Å². The SMILES string of the molecule is Cc1ccc(NC(=O)C2(N)CCOCC2)cc1F. The molecule has 2 rings (SSSR count). The summed E-state index contributed by atoms with van der Waals surface area (Å²) in [4.78, 5) is 12.1. The van der Waals surface area contributed by atoms with Crippen LogP contribution in [-0.2, 0) is 9.53 Å². The first-order valence-corrected chi connectivity index (χ1v) is 5.95. The van der Waals surface area contributed by atoms with Gasteiger partial charge in [-0.1, -0.05) is 6.07 Å². The summed E-state index contributed by atoms with van der Waals surface area (Å²) in [6.45, 7) is 2.63. The first-order valence-electron chi connectivity index (χ1n) is 5.95. The van der Waals surface area contributed by atoms with Gasteiger partial charge in [0.15, 0.2) is 0 Å². The van der Waals surface area contributed by atoms with Crippen molar-refractivity contribution in [2.24, 2.45) is 5.73 Å². The predicted molar refractivity (Wildman–Crippen MR) is 66.7 cm³/mol. The van der Waals surface area contributed by atoms with Gasteiger partial charge in [0.05, 0.1) is 0 Å². The predicted octanol–water partition coefficient (Wildman–Crippen LogP) is 1.58. The summed E-state index contributed by atoms with van der Waals surface area (Å²) < 4.78 is 18.5. The maximum atomic E-state index is 13.4. The van der Waals surface area contributed by atoms with Crippen molar-refractivity contribution < 1.29 is 13.9 Å². The lowest BCUT2D eigenvalue weighted by Gasteiger charge is -2.31. The quantitative estimate of drug-likeness (QED) is 0.840. The molecule has 0 atom stereocenters. The van der Waals surface area contributed by atoms with E-state index in [0.29, 0.717) is 37.3 Å². The van der Waals surface area contributed by atoms with Crippen LogP contribution in [0.4, 0.5) is 10.1 Å². The number of amides is 1. The van der Waals surface area contributed by atoms with E-state index in [1.807, 2.05) is 0 Å². The lowest BCUT2D eigenvalue weighted by molar-refractivity contribution is -0.124. The minimum absolute atomic E-state index is 0.283. The average molecular weight is 252 g/mol. The van der Waals surface area contributed by atoms with Crippen molar-refractivity contribution in [3.63, 3.8) is 0 Å². The standard InChI is InChI=1S/C13H17FN2O2/c1-9-2-3-10(8-11(9)14)16-12(17)13(15)4-6-18-7-5-13/h2-3,8H,4-7,15H2,1H3,(H,16,17). The molecule has 1 aliphatic heterocycles. The summed E-state index contributed by atoms with van der Waals surface area (Å²) in [5, 5.41) is 2.66. The Bertz CT molecular complexity index is 456. The van der Waals surface area contributed by atoms with Crippen molar-refractivity contribution in [3.05, 3.63) is 29.6 Å². The van der Waals surface area contributed by atoms with E-state index in [9.17, 15) is 9.18 Å². The molecule has 1 heterocycles. The molecule has 1 aromatic carbocycles. The van der Waals surface area contributed by atoms with Crippen LogP contribution in [0.2, 0.25) is 0 Å². The number of carbonyl (C=O) groups is 1. The van der Waals surface area contributed by atoms with Crippen LogP contribution in [-0.4, -0.2) is 24.7 Å². The average Bonchev–Trinajstić information content (AvgIpc) is 2.35. The maximum Gasteiger partial charge on any atom is 0.244 e. The van der Waals surface area contributed by atoms with E-state index in [4.69, 9.17) is 10.5 Å². The Morgan fingerprint density at radius 3 is 2.72 bits per heavy atom. The summed E-state index contributed by atoms with van der Waals surface area (Å²) in [5.74, 6) is -0.625. The summed E-state index contributed by atoms with van der Waals surface area (Å²) in [7, 11) is 0. The molecule has 0 unspecified atom stereocenters. The van der Waals surface area contributed by atoms with Gasteiger partial charge in [-0.05, 0) is 37.5 Å². The smallest absolute Gasteiger partial charge is 0.244 e. The highest BCUT2D eigenvalue weighted by Crippen LogP contribution is 2.21. The van der Waals surface area contributed by atoms with Crippen molar-refractivity contribution in [3.8, 4) is 0 Å². The second kappa shape index (κ2) is 5.04. The Balaban J connectivity index is 2.08. The number of anilines is 1. The molecule has 0 radical (unpaired) electrons. The molecular formula is C13H17FN2O2. The molecule has 0 saturated carbocycles. The van der Waals surface area contributed by atoms with Crippen molar-refractivity contribution in [1.82, 2.24) is 0 Å². The maximum absolute atomic E-state index is 13.4. The molecule has 18 heavy (non-hydrogen) atoms. The van der Waals surface area contributed by atoms with E-state index in [1.54, 1.807) is 19.1 Å². The Kier molecular flexibility index (Phi) is 3.63. The third kappa shape index (κ3) is 2.68. The minimum atomic E-state index is -0.917. The molecule has 1 amide bonds. The molecule has 0 spiro atoms. The van der Waals surface area contributed by atoms with E-state index in [0.717, 1.165) is 0 Å². The molecule has 5 heteroatoms. The number of benzene rings is 1. The minimum Gasteiger partial charge on any atom is -0.381 e. The Morgan fingerprint density at radius 2 is 2.11 bits per heavy atom. The number of hydrogen-bond donors (Lipinski definition) is 2. The number of rotatable bonds is 2. The Morgan fingerprint density at radius 1 is 1.44 bits per heavy atom. The molecule has 1 aliphatic rings. The van der Waals surface area contributed by atoms with E-state index >= 15 is 0 Å². The zero-order valence-electron chi connectivity index (χ0n) is 10.3. The van der Waals surface area contributed by atoms with Gasteiger partial charge in [0.2, 0.25) is 5.91 Å². The molecule has 1 fully saturated rings. The summed E-state index contributed by atoms with van der Waals surface area (Å²) in [5.41, 5.74) is 6.09. The monoisotopic (exact) mass is 252 g/mol. The zero-order valence-corrected chi connectivity index (χ0v) is 10.3. The van der Waals surface area contributed by atoms with Crippen LogP contribution in [0.15, 0.2) is 18.2 Å². The number of nitrogens with two attached hydrogens (primary N) is 1. The third-order valence-electron chi connectivity index (χ3n) is 3.27. The van der Waals surface area contributed by atoms with Crippen molar-refractivity contribution in [1.29, 1.82) is 0 Å². The zero-order chi connectivity index (χ0) is 13.2. The highest BCUT2D eigenvalue weighted by Gasteiger charge is 2.35. The Hall–Kier alpha value is -1.46. The Labute approximate surface area is 105 Å². The first-order chi connectivity index (χ1) is 8.51. The van der Waals surface area contributed by atoms with Crippen LogP contribution in [0, 0.1) is 12.7 Å². The molecule has 4 nitrogen and oxygen atoms in total. The first kappa shape index (κ1) is 13.0. The largest absolute Gasteiger partial charge is 0.381 e. The molecule has 0 aromatic heterocycles. The summed E-state index contributed by atoms with van der Waals surface area (Å²) in [6.07, 6.45) is 0.959. The molecule has 3 N–H and O–H groups in total. The molecule has 98 valence electrons. The van der Waals surface area contributed by atoms with Gasteiger partial charge in [-0.25, -0.2) is 4.39 Å². The number of carbonyl (C=O) groups excluding carboxylic acids is 1. The number of hydrogen-bond acceptors (Lipinski definition) is 3. The van der Waals surface area contributed by atoms with Crippen molar-refractivity contribution >= 4 is 11.6 Å². The van der Waals surface area contributed by atoms with Crippen LogP contribution in [0.25, 0.3) is 0 Å². The van der Waals surface area contributed by atoms with E-state index in [-0.39, 0.29) is 11.7 Å². The summed E-state index contributed by atoms with van der Waals surface area (Å²) >= 11 is 0. The van der Waals surface area contributed by atoms with Crippen LogP contribution in [0.3, 0.4) is 0 Å². The molecule has 1 aromatic rings. The van der Waals surface area contributed by atoms with Gasteiger partial charge in [0, 0.05) is 18.9 Å². The molecular weight excluding hydrogens is 235 g/mol. The van der Waals surface area contributed by atoms with Gasteiger partial charge in [-0.2, -0.15) is 0 Å². The van der Waals surface area contributed by atoms with Crippen LogP contribution < -0.4 is 11.1 Å². The van der Waals surface area contributed by atoms with Gasteiger partial charge in [-0.3, -0.25) is 4.79 Å². The second-order valence-electron chi connectivity index (χ2n) is 4.69.